The Morgan fingerprint density at radius 1 is 1.40 bits per heavy atom. The number of aliphatic carboxylic acids is 1. The van der Waals surface area contributed by atoms with Gasteiger partial charge in [0.05, 0.1) is 6.10 Å². The molecule has 0 radical (unpaired) electrons. The van der Waals surface area contributed by atoms with Gasteiger partial charge in [0.25, 0.3) is 0 Å². The van der Waals surface area contributed by atoms with Crippen LogP contribution < -0.4 is 0 Å². The molecule has 2 unspecified atom stereocenters. The van der Waals surface area contributed by atoms with Crippen LogP contribution in [0.5, 0.6) is 0 Å². The van der Waals surface area contributed by atoms with E-state index < -0.39 is 23.0 Å². The van der Waals surface area contributed by atoms with Crippen LogP contribution in [0.3, 0.4) is 0 Å². The van der Waals surface area contributed by atoms with Crippen molar-refractivity contribution in [3.8, 4) is 0 Å². The van der Waals surface area contributed by atoms with Crippen LogP contribution in [-0.4, -0.2) is 23.8 Å². The predicted octanol–water partition coefficient (Wildman–Crippen LogP) is 2.78. The first-order valence-electron chi connectivity index (χ1n) is 6.82. The van der Waals surface area contributed by atoms with E-state index in [-0.39, 0.29) is 24.0 Å². The quantitative estimate of drug-likeness (QED) is 0.923. The monoisotopic (exact) mass is 282 g/mol. The number of carbonyl (C=O) groups is 1. The second-order valence-electron chi connectivity index (χ2n) is 5.75. The predicted molar refractivity (Wildman–Crippen MR) is 67.2 cm³/mol. The number of halogens is 2. The van der Waals surface area contributed by atoms with Gasteiger partial charge in [-0.3, -0.25) is 4.79 Å². The standard InChI is InChI=1S/C15H16F2O3/c16-11-4-3-10(12(17)7-11)8-15(14(18)19)5-6-20-13(15)9-1-2-9/h3-4,7,9,13H,1-2,5-6,8H2,(H,18,19). The molecule has 0 amide bonds. The molecule has 2 fully saturated rings. The third kappa shape index (κ3) is 2.20. The molecule has 5 heteroatoms. The molecular weight excluding hydrogens is 266 g/mol. The van der Waals surface area contributed by atoms with Crippen molar-refractivity contribution in [1.29, 1.82) is 0 Å². The van der Waals surface area contributed by atoms with Gasteiger partial charge >= 0.3 is 5.97 Å². The fourth-order valence-electron chi connectivity index (χ4n) is 3.15. The molecule has 0 spiro atoms. The van der Waals surface area contributed by atoms with E-state index in [9.17, 15) is 18.7 Å². The highest BCUT2D eigenvalue weighted by atomic mass is 19.1. The lowest BCUT2D eigenvalue weighted by molar-refractivity contribution is -0.153. The van der Waals surface area contributed by atoms with Crippen molar-refractivity contribution in [2.75, 3.05) is 6.61 Å². The molecular formula is C15H16F2O3. The first-order valence-corrected chi connectivity index (χ1v) is 6.82. The fourth-order valence-corrected chi connectivity index (χ4v) is 3.15. The molecule has 3 nitrogen and oxygen atoms in total. The van der Waals surface area contributed by atoms with Crippen LogP contribution in [0.1, 0.15) is 24.8 Å². The molecule has 108 valence electrons. The number of rotatable bonds is 4. The largest absolute Gasteiger partial charge is 0.481 e. The number of hydrogen-bond donors (Lipinski definition) is 1. The summed E-state index contributed by atoms with van der Waals surface area (Å²) in [7, 11) is 0. The maximum Gasteiger partial charge on any atom is 0.312 e. The fraction of sp³-hybridized carbons (Fsp3) is 0.533. The molecule has 1 aliphatic carbocycles. The lowest BCUT2D eigenvalue weighted by Crippen LogP contribution is -2.42. The molecule has 1 N–H and O–H groups in total. The zero-order valence-corrected chi connectivity index (χ0v) is 10.9. The van der Waals surface area contributed by atoms with E-state index in [2.05, 4.69) is 0 Å². The van der Waals surface area contributed by atoms with Crippen LogP contribution in [0.4, 0.5) is 8.78 Å². The Kier molecular flexibility index (Phi) is 3.24. The number of carboxylic acids is 1. The van der Waals surface area contributed by atoms with Gasteiger partial charge in [-0.05, 0) is 43.2 Å². The third-order valence-electron chi connectivity index (χ3n) is 4.39. The average molecular weight is 282 g/mol. The van der Waals surface area contributed by atoms with E-state index in [0.717, 1.165) is 25.0 Å². The van der Waals surface area contributed by atoms with Gasteiger partial charge in [0.15, 0.2) is 0 Å². The van der Waals surface area contributed by atoms with Crippen molar-refractivity contribution >= 4 is 5.97 Å². The van der Waals surface area contributed by atoms with E-state index in [0.29, 0.717) is 13.0 Å². The lowest BCUT2D eigenvalue weighted by Gasteiger charge is -2.30. The van der Waals surface area contributed by atoms with Crippen LogP contribution in [0.25, 0.3) is 0 Å². The summed E-state index contributed by atoms with van der Waals surface area (Å²) in [6.45, 7) is 0.385. The maximum atomic E-state index is 13.8. The van der Waals surface area contributed by atoms with Gasteiger partial charge < -0.3 is 9.84 Å². The topological polar surface area (TPSA) is 46.5 Å². The summed E-state index contributed by atoms with van der Waals surface area (Å²) < 4.78 is 32.4. The molecule has 1 aromatic rings. The van der Waals surface area contributed by atoms with Gasteiger partial charge in [-0.15, -0.1) is 0 Å². The molecule has 1 aliphatic heterocycles. The zero-order valence-electron chi connectivity index (χ0n) is 10.9. The van der Waals surface area contributed by atoms with Gasteiger partial charge in [-0.1, -0.05) is 6.07 Å². The summed E-state index contributed by atoms with van der Waals surface area (Å²) >= 11 is 0. The summed E-state index contributed by atoms with van der Waals surface area (Å²) in [6, 6.07) is 3.29. The van der Waals surface area contributed by atoms with E-state index in [4.69, 9.17) is 4.74 Å². The van der Waals surface area contributed by atoms with E-state index in [1.165, 1.54) is 6.07 Å². The van der Waals surface area contributed by atoms with Crippen LogP contribution in [-0.2, 0) is 16.0 Å². The van der Waals surface area contributed by atoms with Crippen molar-refractivity contribution < 1.29 is 23.4 Å². The highest BCUT2D eigenvalue weighted by Gasteiger charge is 2.56. The highest BCUT2D eigenvalue weighted by molar-refractivity contribution is 5.76. The number of carboxylic acid groups (broad SMARTS) is 1. The van der Waals surface area contributed by atoms with Crippen molar-refractivity contribution in [3.05, 3.63) is 35.4 Å². The minimum atomic E-state index is -1.08. The van der Waals surface area contributed by atoms with Crippen molar-refractivity contribution in [1.82, 2.24) is 0 Å². The summed E-state index contributed by atoms with van der Waals surface area (Å²) in [5, 5.41) is 9.64. The second kappa shape index (κ2) is 4.81. The number of ether oxygens (including phenoxy) is 1. The molecule has 0 aromatic heterocycles. The first kappa shape index (κ1) is 13.5. The number of benzene rings is 1. The van der Waals surface area contributed by atoms with E-state index in [1.807, 2.05) is 0 Å². The smallest absolute Gasteiger partial charge is 0.312 e. The molecule has 1 heterocycles. The Bertz CT molecular complexity index is 542. The van der Waals surface area contributed by atoms with Crippen molar-refractivity contribution in [3.63, 3.8) is 0 Å². The molecule has 2 atom stereocenters. The Morgan fingerprint density at radius 2 is 2.15 bits per heavy atom. The lowest BCUT2D eigenvalue weighted by atomic mass is 9.74. The van der Waals surface area contributed by atoms with Crippen LogP contribution in [0.15, 0.2) is 18.2 Å². The summed E-state index contributed by atoms with van der Waals surface area (Å²) in [5.41, 5.74) is -0.843. The zero-order chi connectivity index (χ0) is 14.3. The summed E-state index contributed by atoms with van der Waals surface area (Å²) in [5.74, 6) is -2.03. The molecule has 20 heavy (non-hydrogen) atoms. The summed E-state index contributed by atoms with van der Waals surface area (Å²) in [6.07, 6.45) is 2.00. The van der Waals surface area contributed by atoms with Crippen molar-refractivity contribution in [2.24, 2.45) is 11.3 Å². The molecule has 1 saturated carbocycles. The van der Waals surface area contributed by atoms with Gasteiger partial charge in [-0.25, -0.2) is 8.78 Å². The molecule has 3 rings (SSSR count). The Morgan fingerprint density at radius 3 is 2.75 bits per heavy atom. The molecule has 0 bridgehead atoms. The van der Waals surface area contributed by atoms with Gasteiger partial charge in [0, 0.05) is 12.7 Å². The SMILES string of the molecule is O=C(O)C1(Cc2ccc(F)cc2F)CCOC1C1CC1. The average Bonchev–Trinajstić information content (AvgIpc) is 3.14. The normalized spacial score (nSPS) is 29.6. The maximum absolute atomic E-state index is 13.8. The van der Waals surface area contributed by atoms with Crippen LogP contribution >= 0.6 is 0 Å². The molecule has 2 aliphatic rings. The Labute approximate surface area is 115 Å². The van der Waals surface area contributed by atoms with E-state index in [1.54, 1.807) is 0 Å². The van der Waals surface area contributed by atoms with Crippen molar-refractivity contribution in [2.45, 2.75) is 31.8 Å². The van der Waals surface area contributed by atoms with E-state index >= 15 is 0 Å². The van der Waals surface area contributed by atoms with Gasteiger partial charge in [0.1, 0.15) is 17.0 Å². The minimum Gasteiger partial charge on any atom is -0.481 e. The second-order valence-corrected chi connectivity index (χ2v) is 5.75. The third-order valence-corrected chi connectivity index (χ3v) is 4.39. The Hall–Kier alpha value is -1.49. The van der Waals surface area contributed by atoms with Gasteiger partial charge in [0.2, 0.25) is 0 Å². The first-order chi connectivity index (χ1) is 9.53. The highest BCUT2D eigenvalue weighted by Crippen LogP contribution is 2.49. The Balaban J connectivity index is 1.92. The molecule has 1 aromatic carbocycles. The van der Waals surface area contributed by atoms with Crippen LogP contribution in [0.2, 0.25) is 0 Å². The minimum absolute atomic E-state index is 0.0512. The summed E-state index contributed by atoms with van der Waals surface area (Å²) in [4.78, 5) is 11.8. The van der Waals surface area contributed by atoms with Gasteiger partial charge in [-0.2, -0.15) is 0 Å². The number of hydrogen-bond acceptors (Lipinski definition) is 2. The van der Waals surface area contributed by atoms with Crippen LogP contribution in [0, 0.1) is 23.0 Å². The molecule has 1 saturated heterocycles.